The minimum absolute atomic E-state index is 0.0132. The molecule has 15 nitrogen and oxygen atoms in total. The summed E-state index contributed by atoms with van der Waals surface area (Å²) in [5, 5.41) is 65.4. The van der Waals surface area contributed by atoms with Crippen LogP contribution in [0.2, 0.25) is 0 Å². The molecule has 48 heavy (non-hydrogen) atoms. The molecule has 0 saturated heterocycles. The number of ether oxygens (including phenoxy) is 1. The highest BCUT2D eigenvalue weighted by atomic mass is 16.5. The zero-order valence-corrected chi connectivity index (χ0v) is 28.8. The lowest BCUT2D eigenvalue weighted by Crippen LogP contribution is -2.54. The van der Waals surface area contributed by atoms with Gasteiger partial charge in [-0.2, -0.15) is 0 Å². The van der Waals surface area contributed by atoms with Gasteiger partial charge in [0.05, 0.1) is 13.2 Å². The lowest BCUT2D eigenvalue weighted by molar-refractivity contribution is -0.156. The lowest BCUT2D eigenvalue weighted by atomic mass is 9.99. The van der Waals surface area contributed by atoms with Gasteiger partial charge >= 0.3 is 5.97 Å². The van der Waals surface area contributed by atoms with Crippen LogP contribution in [0.5, 0.6) is 0 Å². The Morgan fingerprint density at radius 2 is 1.17 bits per heavy atom. The highest BCUT2D eigenvalue weighted by molar-refractivity contribution is 5.84. The first-order chi connectivity index (χ1) is 23.0. The number of aliphatic hydroxyl groups is 6. The molecule has 0 heterocycles. The molecule has 0 aromatic carbocycles. The van der Waals surface area contributed by atoms with Gasteiger partial charge in [0.1, 0.15) is 30.5 Å². The Kier molecular flexibility index (Phi) is 28.0. The molecule has 0 aromatic rings. The Labute approximate surface area is 285 Å². The van der Waals surface area contributed by atoms with E-state index in [0.29, 0.717) is 51.6 Å². The van der Waals surface area contributed by atoms with Gasteiger partial charge in [-0.1, -0.05) is 51.4 Å². The van der Waals surface area contributed by atoms with E-state index in [-0.39, 0.29) is 25.0 Å². The number of hydrogen-bond acceptors (Lipinski definition) is 12. The molecule has 0 bridgehead atoms. The van der Waals surface area contributed by atoms with Gasteiger partial charge in [0.2, 0.25) is 11.8 Å². The van der Waals surface area contributed by atoms with Crippen molar-refractivity contribution in [3.63, 3.8) is 0 Å². The molecular formula is C33H64N4O11. The molecule has 0 aliphatic heterocycles. The van der Waals surface area contributed by atoms with Crippen LogP contribution < -0.4 is 21.7 Å². The van der Waals surface area contributed by atoms with Crippen LogP contribution >= 0.6 is 0 Å². The molecular weight excluding hydrogens is 628 g/mol. The average molecular weight is 693 g/mol. The van der Waals surface area contributed by atoms with E-state index in [9.17, 15) is 44.7 Å². The number of unbranched alkanes of at least 4 members (excludes halogenated alkanes) is 11. The van der Waals surface area contributed by atoms with Crippen LogP contribution in [0.3, 0.4) is 0 Å². The van der Waals surface area contributed by atoms with Crippen LogP contribution in [0.15, 0.2) is 0 Å². The van der Waals surface area contributed by atoms with Gasteiger partial charge in [0, 0.05) is 25.9 Å². The number of nitrogens with two attached hydrogens (primary N) is 1. The van der Waals surface area contributed by atoms with Crippen molar-refractivity contribution >= 4 is 23.7 Å². The number of hydrogen-bond donors (Lipinski definition) is 10. The molecule has 0 fully saturated rings. The molecule has 6 atom stereocenters. The second-order valence-electron chi connectivity index (χ2n) is 12.2. The fourth-order valence-corrected chi connectivity index (χ4v) is 5.00. The Morgan fingerprint density at radius 3 is 1.75 bits per heavy atom. The zero-order valence-electron chi connectivity index (χ0n) is 28.8. The van der Waals surface area contributed by atoms with E-state index < -0.39 is 55.0 Å². The fraction of sp³-hybridized carbons (Fsp3) is 0.879. The van der Waals surface area contributed by atoms with Crippen LogP contribution in [0.25, 0.3) is 0 Å². The van der Waals surface area contributed by atoms with E-state index in [1.807, 2.05) is 0 Å². The van der Waals surface area contributed by atoms with Crippen LogP contribution in [0.4, 0.5) is 0 Å². The van der Waals surface area contributed by atoms with E-state index in [2.05, 4.69) is 16.0 Å². The number of nitrogens with one attached hydrogen (secondary N) is 3. The predicted molar refractivity (Wildman–Crippen MR) is 179 cm³/mol. The van der Waals surface area contributed by atoms with Gasteiger partial charge in [-0.3, -0.25) is 14.4 Å². The maximum atomic E-state index is 12.5. The van der Waals surface area contributed by atoms with Crippen molar-refractivity contribution in [1.82, 2.24) is 16.0 Å². The van der Waals surface area contributed by atoms with Crippen molar-refractivity contribution in [1.29, 1.82) is 0 Å². The Bertz CT molecular complexity index is 867. The van der Waals surface area contributed by atoms with E-state index >= 15 is 0 Å². The third-order valence-corrected chi connectivity index (χ3v) is 8.01. The van der Waals surface area contributed by atoms with Gasteiger partial charge in [0.15, 0.2) is 6.10 Å². The SMILES string of the molecule is CCOC(=O)[C@H](CCCCNC(=O)CCCCCN)NC(=O)CCCCCCCCCCCNC(=O)[C@@H](O)[C@H](O)[C@@H](O)[C@@H](O)[C@@H](O)CO. The summed E-state index contributed by atoms with van der Waals surface area (Å²) >= 11 is 0. The highest BCUT2D eigenvalue weighted by Gasteiger charge is 2.37. The molecule has 282 valence electrons. The minimum Gasteiger partial charge on any atom is -0.464 e. The number of amides is 3. The normalized spacial score (nSPS) is 15.1. The first kappa shape index (κ1) is 45.6. The largest absolute Gasteiger partial charge is 0.464 e. The number of carbonyl (C=O) groups excluding carboxylic acids is 4. The number of rotatable bonds is 31. The molecule has 0 spiro atoms. The standard InChI is InChI=1S/C33H64N4O11/c1-2-48-33(47)24(17-13-16-21-35-26(40)18-12-10-14-20-34)37-27(41)19-11-8-6-4-3-5-7-9-15-22-36-32(46)31(45)30(44)29(43)28(42)25(39)23-38/h24-25,28-31,38-39,42-45H,2-23,34H2,1H3,(H,35,40)(H,36,46)(H,37,41)/t24-,25-,28-,29-,30+,31-/m0/s1. The maximum Gasteiger partial charge on any atom is 0.328 e. The molecule has 0 aliphatic rings. The van der Waals surface area contributed by atoms with E-state index in [0.717, 1.165) is 70.6 Å². The van der Waals surface area contributed by atoms with Crippen molar-refractivity contribution in [2.75, 3.05) is 32.8 Å². The summed E-state index contributed by atoms with van der Waals surface area (Å²) in [6, 6.07) is -0.700. The zero-order chi connectivity index (χ0) is 36.2. The Balaban J connectivity index is 4.00. The van der Waals surface area contributed by atoms with Crippen molar-refractivity contribution in [2.45, 2.75) is 153 Å². The van der Waals surface area contributed by atoms with Crippen molar-refractivity contribution < 1.29 is 54.6 Å². The summed E-state index contributed by atoms with van der Waals surface area (Å²) in [6.07, 6.45) is 3.66. The molecule has 0 rings (SSSR count). The number of carbonyl (C=O) groups is 4. The predicted octanol–water partition coefficient (Wildman–Crippen LogP) is -0.346. The minimum atomic E-state index is -2.04. The quantitative estimate of drug-likeness (QED) is 0.0330. The van der Waals surface area contributed by atoms with E-state index in [1.54, 1.807) is 6.92 Å². The summed E-state index contributed by atoms with van der Waals surface area (Å²) in [6.45, 7) is 2.50. The average Bonchev–Trinajstić information content (AvgIpc) is 3.08. The first-order valence-electron chi connectivity index (χ1n) is 17.7. The molecule has 15 heteroatoms. The molecule has 0 saturated carbocycles. The van der Waals surface area contributed by atoms with Crippen LogP contribution in [0.1, 0.15) is 116 Å². The second-order valence-corrected chi connectivity index (χ2v) is 12.2. The monoisotopic (exact) mass is 692 g/mol. The summed E-state index contributed by atoms with van der Waals surface area (Å²) < 4.78 is 5.13. The smallest absolute Gasteiger partial charge is 0.328 e. The van der Waals surface area contributed by atoms with Crippen molar-refractivity contribution in [3.8, 4) is 0 Å². The molecule has 0 aliphatic carbocycles. The topological polar surface area (TPSA) is 261 Å². The maximum absolute atomic E-state index is 12.5. The summed E-state index contributed by atoms with van der Waals surface area (Å²) in [4.78, 5) is 48.7. The van der Waals surface area contributed by atoms with E-state index in [4.69, 9.17) is 15.6 Å². The van der Waals surface area contributed by atoms with Crippen molar-refractivity contribution in [2.24, 2.45) is 5.73 Å². The molecule has 3 amide bonds. The van der Waals surface area contributed by atoms with Crippen LogP contribution in [0, 0.1) is 0 Å². The van der Waals surface area contributed by atoms with Crippen LogP contribution in [-0.4, -0.2) is 124 Å². The second kappa shape index (κ2) is 29.5. The van der Waals surface area contributed by atoms with Crippen molar-refractivity contribution in [3.05, 3.63) is 0 Å². The first-order valence-corrected chi connectivity index (χ1v) is 17.7. The highest BCUT2D eigenvalue weighted by Crippen LogP contribution is 2.12. The van der Waals surface area contributed by atoms with Gasteiger partial charge in [-0.25, -0.2) is 4.79 Å². The van der Waals surface area contributed by atoms with Gasteiger partial charge < -0.3 is 57.1 Å². The number of esters is 1. The Morgan fingerprint density at radius 1 is 0.646 bits per heavy atom. The Hall–Kier alpha value is -2.40. The molecule has 11 N–H and O–H groups in total. The lowest BCUT2D eigenvalue weighted by Gasteiger charge is -2.27. The molecule has 0 unspecified atom stereocenters. The molecule has 0 aromatic heterocycles. The third kappa shape index (κ3) is 22.3. The summed E-state index contributed by atoms with van der Waals surface area (Å²) in [7, 11) is 0. The summed E-state index contributed by atoms with van der Waals surface area (Å²) in [5.41, 5.74) is 5.46. The van der Waals surface area contributed by atoms with E-state index in [1.165, 1.54) is 0 Å². The van der Waals surface area contributed by atoms with Crippen LogP contribution in [-0.2, 0) is 23.9 Å². The molecule has 0 radical (unpaired) electrons. The van der Waals surface area contributed by atoms with Gasteiger partial charge in [0.25, 0.3) is 5.91 Å². The van der Waals surface area contributed by atoms with Gasteiger partial charge in [-0.05, 0) is 58.4 Å². The summed E-state index contributed by atoms with van der Waals surface area (Å²) in [5.74, 6) is -1.53. The number of aliphatic hydroxyl groups excluding tert-OH is 6. The fourth-order valence-electron chi connectivity index (χ4n) is 5.00. The van der Waals surface area contributed by atoms with Gasteiger partial charge in [-0.15, -0.1) is 0 Å². The third-order valence-electron chi connectivity index (χ3n) is 8.01.